The normalized spacial score (nSPS) is 19.6. The predicted octanol–water partition coefficient (Wildman–Crippen LogP) is 1.24. The van der Waals surface area contributed by atoms with Gasteiger partial charge in [0.1, 0.15) is 4.90 Å². The summed E-state index contributed by atoms with van der Waals surface area (Å²) in [7, 11) is -3.48. The smallest absolute Gasteiger partial charge is 0.246 e. The third kappa shape index (κ3) is 4.15. The molecular formula is C19H29N7O2S. The van der Waals surface area contributed by atoms with E-state index in [-0.39, 0.29) is 0 Å². The van der Waals surface area contributed by atoms with E-state index in [0.717, 1.165) is 57.1 Å². The van der Waals surface area contributed by atoms with Crippen LogP contribution in [-0.4, -0.2) is 76.6 Å². The van der Waals surface area contributed by atoms with Gasteiger partial charge in [-0.1, -0.05) is 6.42 Å². The molecule has 0 spiro atoms. The largest absolute Gasteiger partial charge is 0.338 e. The van der Waals surface area contributed by atoms with Crippen LogP contribution < -0.4 is 4.90 Å². The molecule has 10 heteroatoms. The molecule has 29 heavy (non-hydrogen) atoms. The zero-order valence-electron chi connectivity index (χ0n) is 17.2. The Hall–Kier alpha value is -2.04. The SMILES string of the molecule is Cc1nn(CN2CCN(c3ncccn3)CC2)c(C)c1S(=O)(=O)N1CCCCC1. The molecular weight excluding hydrogens is 390 g/mol. The molecule has 2 aromatic heterocycles. The Bertz CT molecular complexity index is 931. The zero-order chi connectivity index (χ0) is 20.4. The van der Waals surface area contributed by atoms with Crippen LogP contribution in [0.15, 0.2) is 23.4 Å². The van der Waals surface area contributed by atoms with Crippen molar-refractivity contribution in [1.29, 1.82) is 0 Å². The van der Waals surface area contributed by atoms with Gasteiger partial charge in [-0.2, -0.15) is 9.40 Å². The van der Waals surface area contributed by atoms with Crippen LogP contribution in [0.4, 0.5) is 5.95 Å². The number of hydrogen-bond acceptors (Lipinski definition) is 7. The van der Waals surface area contributed by atoms with Gasteiger partial charge in [-0.15, -0.1) is 0 Å². The van der Waals surface area contributed by atoms with Gasteiger partial charge in [0.2, 0.25) is 16.0 Å². The monoisotopic (exact) mass is 419 g/mol. The van der Waals surface area contributed by atoms with Gasteiger partial charge in [-0.25, -0.2) is 18.4 Å². The van der Waals surface area contributed by atoms with Gasteiger partial charge in [0.15, 0.2) is 0 Å². The number of hydrogen-bond donors (Lipinski definition) is 0. The van der Waals surface area contributed by atoms with Crippen LogP contribution in [0.3, 0.4) is 0 Å². The second-order valence-electron chi connectivity index (χ2n) is 7.76. The Kier molecular flexibility index (Phi) is 5.84. The predicted molar refractivity (Wildman–Crippen MR) is 110 cm³/mol. The number of aryl methyl sites for hydroxylation is 1. The second kappa shape index (κ2) is 8.37. The van der Waals surface area contributed by atoms with E-state index in [1.165, 1.54) is 0 Å². The molecule has 2 aliphatic rings. The zero-order valence-corrected chi connectivity index (χ0v) is 18.0. The lowest BCUT2D eigenvalue weighted by molar-refractivity contribution is 0.193. The Morgan fingerprint density at radius 3 is 2.24 bits per heavy atom. The van der Waals surface area contributed by atoms with Gasteiger partial charge in [-0.05, 0) is 32.8 Å². The molecule has 2 aromatic rings. The van der Waals surface area contributed by atoms with E-state index in [1.54, 1.807) is 23.6 Å². The van der Waals surface area contributed by atoms with Crippen molar-refractivity contribution in [3.05, 3.63) is 29.8 Å². The summed E-state index contributed by atoms with van der Waals surface area (Å²) >= 11 is 0. The second-order valence-corrected chi connectivity index (χ2v) is 9.63. The molecule has 0 aromatic carbocycles. The first-order valence-electron chi connectivity index (χ1n) is 10.3. The highest BCUT2D eigenvalue weighted by molar-refractivity contribution is 7.89. The van der Waals surface area contributed by atoms with Crippen LogP contribution in [0.2, 0.25) is 0 Å². The topological polar surface area (TPSA) is 87.5 Å². The first-order chi connectivity index (χ1) is 14.0. The van der Waals surface area contributed by atoms with Crippen LogP contribution in [-0.2, 0) is 16.7 Å². The van der Waals surface area contributed by atoms with Gasteiger partial charge >= 0.3 is 0 Å². The summed E-state index contributed by atoms with van der Waals surface area (Å²) in [5, 5.41) is 4.57. The Labute approximate surface area is 172 Å². The third-order valence-corrected chi connectivity index (χ3v) is 7.92. The highest BCUT2D eigenvalue weighted by Gasteiger charge is 2.32. The van der Waals surface area contributed by atoms with Crippen molar-refractivity contribution in [2.45, 2.75) is 44.7 Å². The minimum Gasteiger partial charge on any atom is -0.338 e. The number of piperazine rings is 1. The van der Waals surface area contributed by atoms with Crippen LogP contribution in [0.25, 0.3) is 0 Å². The summed E-state index contributed by atoms with van der Waals surface area (Å²) in [5.74, 6) is 0.758. The molecule has 0 N–H and O–H groups in total. The fraction of sp³-hybridized carbons (Fsp3) is 0.632. The van der Waals surface area contributed by atoms with E-state index in [4.69, 9.17) is 0 Å². The summed E-state index contributed by atoms with van der Waals surface area (Å²) < 4.78 is 29.8. The molecule has 2 fully saturated rings. The minimum atomic E-state index is -3.48. The maximum Gasteiger partial charge on any atom is 0.246 e. The Morgan fingerprint density at radius 2 is 1.59 bits per heavy atom. The molecule has 0 saturated carbocycles. The molecule has 4 heterocycles. The van der Waals surface area contributed by atoms with Crippen LogP contribution in [0.1, 0.15) is 30.7 Å². The van der Waals surface area contributed by atoms with E-state index in [2.05, 4.69) is 24.9 Å². The van der Waals surface area contributed by atoms with E-state index in [9.17, 15) is 8.42 Å². The highest BCUT2D eigenvalue weighted by atomic mass is 32.2. The molecule has 2 saturated heterocycles. The lowest BCUT2D eigenvalue weighted by Gasteiger charge is -2.34. The van der Waals surface area contributed by atoms with Crippen LogP contribution in [0, 0.1) is 13.8 Å². The fourth-order valence-electron chi connectivity index (χ4n) is 4.16. The summed E-state index contributed by atoms with van der Waals surface area (Å²) in [6, 6.07) is 1.82. The minimum absolute atomic E-state index is 0.385. The molecule has 0 bridgehead atoms. The lowest BCUT2D eigenvalue weighted by atomic mass is 10.2. The summed E-state index contributed by atoms with van der Waals surface area (Å²) in [5.41, 5.74) is 1.31. The van der Waals surface area contributed by atoms with Crippen molar-refractivity contribution < 1.29 is 8.42 Å². The average Bonchev–Trinajstić information content (AvgIpc) is 3.03. The molecule has 2 aliphatic heterocycles. The van der Waals surface area contributed by atoms with Gasteiger partial charge < -0.3 is 4.90 Å². The lowest BCUT2D eigenvalue weighted by Crippen LogP contribution is -2.47. The van der Waals surface area contributed by atoms with E-state index >= 15 is 0 Å². The van der Waals surface area contributed by atoms with Crippen molar-refractivity contribution in [2.24, 2.45) is 0 Å². The average molecular weight is 420 g/mol. The van der Waals surface area contributed by atoms with Gasteiger partial charge in [0, 0.05) is 51.7 Å². The Balaban J connectivity index is 1.45. The van der Waals surface area contributed by atoms with Gasteiger partial charge in [-0.3, -0.25) is 9.58 Å². The molecule has 0 unspecified atom stereocenters. The van der Waals surface area contributed by atoms with Crippen LogP contribution >= 0.6 is 0 Å². The van der Waals surface area contributed by atoms with E-state index in [1.807, 2.05) is 17.7 Å². The standard InChI is InChI=1S/C19H29N7O2S/c1-16-18(29(27,28)25-9-4-3-5-10-25)17(2)26(22-16)15-23-11-13-24(14-12-23)19-20-7-6-8-21-19/h6-8H,3-5,9-15H2,1-2H3. The number of sulfonamides is 1. The van der Waals surface area contributed by atoms with Crippen molar-refractivity contribution in [2.75, 3.05) is 44.2 Å². The van der Waals surface area contributed by atoms with Gasteiger partial charge in [0.05, 0.1) is 18.1 Å². The van der Waals surface area contributed by atoms with Crippen molar-refractivity contribution in [3.8, 4) is 0 Å². The van der Waals surface area contributed by atoms with Crippen molar-refractivity contribution in [1.82, 2.24) is 29.0 Å². The fourth-order valence-corrected chi connectivity index (χ4v) is 6.05. The molecule has 9 nitrogen and oxygen atoms in total. The first-order valence-corrected chi connectivity index (χ1v) is 11.7. The summed E-state index contributed by atoms with van der Waals surface area (Å²) in [6.07, 6.45) is 6.48. The number of anilines is 1. The van der Waals surface area contributed by atoms with Crippen molar-refractivity contribution >= 4 is 16.0 Å². The van der Waals surface area contributed by atoms with E-state index < -0.39 is 10.0 Å². The summed E-state index contributed by atoms with van der Waals surface area (Å²) in [4.78, 5) is 13.5. The first kappa shape index (κ1) is 20.2. The molecule has 0 radical (unpaired) electrons. The molecule has 0 aliphatic carbocycles. The maximum atomic E-state index is 13.2. The number of nitrogens with zero attached hydrogens (tertiary/aromatic N) is 7. The number of aromatic nitrogens is 4. The maximum absolute atomic E-state index is 13.2. The quantitative estimate of drug-likeness (QED) is 0.721. The Morgan fingerprint density at radius 1 is 0.931 bits per heavy atom. The van der Waals surface area contributed by atoms with Crippen LogP contribution in [0.5, 0.6) is 0 Å². The number of rotatable bonds is 5. The third-order valence-electron chi connectivity index (χ3n) is 5.77. The molecule has 0 atom stereocenters. The number of piperidine rings is 1. The van der Waals surface area contributed by atoms with Crippen molar-refractivity contribution in [3.63, 3.8) is 0 Å². The highest BCUT2D eigenvalue weighted by Crippen LogP contribution is 2.26. The molecule has 0 amide bonds. The van der Waals surface area contributed by atoms with Gasteiger partial charge in [0.25, 0.3) is 0 Å². The molecule has 4 rings (SSSR count). The van der Waals surface area contributed by atoms with E-state index in [0.29, 0.717) is 30.3 Å². The molecule has 158 valence electrons. The summed E-state index contributed by atoms with van der Waals surface area (Å²) in [6.45, 7) is 8.84.